The third kappa shape index (κ3) is 3.71. The number of rotatable bonds is 5. The minimum absolute atomic E-state index is 0.0649. The Morgan fingerprint density at radius 1 is 1.24 bits per heavy atom. The van der Waals surface area contributed by atoms with Crippen molar-refractivity contribution in [1.29, 1.82) is 0 Å². The molecule has 2 amide bonds. The Bertz CT molecular complexity index is 776. The Kier molecular flexibility index (Phi) is 4.83. The quantitative estimate of drug-likeness (QED) is 0.889. The van der Waals surface area contributed by atoms with Crippen molar-refractivity contribution in [2.45, 2.75) is 12.5 Å². The average molecular weight is 341 g/mol. The smallest absolute Gasteiger partial charge is 0.254 e. The molecule has 130 valence electrons. The average Bonchev–Trinajstić information content (AvgIpc) is 3.10. The summed E-state index contributed by atoms with van der Waals surface area (Å²) in [6.07, 6.45) is 1.98. The summed E-state index contributed by atoms with van der Waals surface area (Å²) in [5, 5.41) is 0. The van der Waals surface area contributed by atoms with E-state index in [0.717, 1.165) is 0 Å². The summed E-state index contributed by atoms with van der Waals surface area (Å²) in [6, 6.07) is 10.2. The summed E-state index contributed by atoms with van der Waals surface area (Å²) in [5.41, 5.74) is 6.16. The van der Waals surface area contributed by atoms with Crippen molar-refractivity contribution in [3.05, 3.63) is 53.7 Å². The Morgan fingerprint density at radius 3 is 2.68 bits per heavy atom. The maximum Gasteiger partial charge on any atom is 0.254 e. The highest BCUT2D eigenvalue weighted by Gasteiger charge is 2.29. The fourth-order valence-electron chi connectivity index (χ4n) is 2.76. The molecule has 25 heavy (non-hydrogen) atoms. The van der Waals surface area contributed by atoms with E-state index in [0.29, 0.717) is 30.8 Å². The van der Waals surface area contributed by atoms with Gasteiger partial charge in [0.05, 0.1) is 13.7 Å². The lowest BCUT2D eigenvalue weighted by Crippen LogP contribution is -2.31. The molecule has 2 N–H and O–H groups in total. The van der Waals surface area contributed by atoms with Gasteiger partial charge in [-0.1, -0.05) is 0 Å². The number of nitrogens with zero attached hydrogens (tertiary/aromatic N) is 2. The van der Waals surface area contributed by atoms with Gasteiger partial charge in [0.1, 0.15) is 17.4 Å². The van der Waals surface area contributed by atoms with Crippen molar-refractivity contribution in [2.75, 3.05) is 20.2 Å². The molecule has 0 aliphatic carbocycles. The SMILES string of the molecule is COc1ccc(C(=O)N2CCC(Oc3ncccc3C(N)=O)C2)cc1. The van der Waals surface area contributed by atoms with Crippen LogP contribution < -0.4 is 15.2 Å². The number of pyridine rings is 1. The van der Waals surface area contributed by atoms with E-state index < -0.39 is 5.91 Å². The third-order valence-corrected chi connectivity index (χ3v) is 4.08. The van der Waals surface area contributed by atoms with Crippen LogP contribution in [0.2, 0.25) is 0 Å². The Hall–Kier alpha value is -3.09. The van der Waals surface area contributed by atoms with E-state index in [1.54, 1.807) is 48.4 Å². The predicted octanol–water partition coefficient (Wildman–Crippen LogP) is 1.48. The fraction of sp³-hybridized carbons (Fsp3) is 0.278. The number of carbonyl (C=O) groups is 2. The number of ether oxygens (including phenoxy) is 2. The van der Waals surface area contributed by atoms with E-state index in [-0.39, 0.29) is 23.5 Å². The summed E-state index contributed by atoms with van der Waals surface area (Å²) in [5.74, 6) is 0.254. The van der Waals surface area contributed by atoms with E-state index >= 15 is 0 Å². The molecule has 1 aromatic heterocycles. The van der Waals surface area contributed by atoms with Crippen LogP contribution in [-0.4, -0.2) is 48.0 Å². The number of hydrogen-bond acceptors (Lipinski definition) is 5. The molecule has 1 unspecified atom stereocenters. The normalized spacial score (nSPS) is 16.5. The van der Waals surface area contributed by atoms with Crippen LogP contribution in [-0.2, 0) is 0 Å². The van der Waals surface area contributed by atoms with Gasteiger partial charge in [0.25, 0.3) is 11.8 Å². The van der Waals surface area contributed by atoms with E-state index in [1.807, 2.05) is 0 Å². The van der Waals surface area contributed by atoms with E-state index in [9.17, 15) is 9.59 Å². The summed E-state index contributed by atoms with van der Waals surface area (Å²) < 4.78 is 10.9. The molecule has 1 aliphatic heterocycles. The standard InChI is InChI=1S/C18H19N3O4/c1-24-13-6-4-12(5-7-13)18(23)21-10-8-14(11-21)25-17-15(16(19)22)3-2-9-20-17/h2-7,9,14H,8,10-11H2,1H3,(H2,19,22). The van der Waals surface area contributed by atoms with Crippen molar-refractivity contribution in [2.24, 2.45) is 5.73 Å². The molecule has 7 nitrogen and oxygen atoms in total. The molecule has 0 spiro atoms. The molecule has 2 heterocycles. The zero-order valence-corrected chi connectivity index (χ0v) is 13.8. The molecule has 2 aromatic rings. The first-order valence-corrected chi connectivity index (χ1v) is 7.93. The van der Waals surface area contributed by atoms with Crippen LogP contribution in [0.5, 0.6) is 11.6 Å². The van der Waals surface area contributed by atoms with E-state index in [2.05, 4.69) is 4.98 Å². The van der Waals surface area contributed by atoms with Crippen LogP contribution in [0.4, 0.5) is 0 Å². The second-order valence-electron chi connectivity index (χ2n) is 5.73. The van der Waals surface area contributed by atoms with Gasteiger partial charge in [-0.2, -0.15) is 0 Å². The van der Waals surface area contributed by atoms with Crippen LogP contribution in [0.25, 0.3) is 0 Å². The Balaban J connectivity index is 1.65. The fourth-order valence-corrected chi connectivity index (χ4v) is 2.76. The van der Waals surface area contributed by atoms with Crippen molar-refractivity contribution < 1.29 is 19.1 Å². The molecule has 0 radical (unpaired) electrons. The van der Waals surface area contributed by atoms with Gasteiger partial charge in [-0.05, 0) is 36.4 Å². The second-order valence-corrected chi connectivity index (χ2v) is 5.73. The number of primary amides is 1. The number of aromatic nitrogens is 1. The predicted molar refractivity (Wildman–Crippen MR) is 90.7 cm³/mol. The monoisotopic (exact) mass is 341 g/mol. The first kappa shape index (κ1) is 16.8. The zero-order valence-electron chi connectivity index (χ0n) is 13.8. The van der Waals surface area contributed by atoms with Crippen LogP contribution >= 0.6 is 0 Å². The van der Waals surface area contributed by atoms with Crippen molar-refractivity contribution in [3.63, 3.8) is 0 Å². The number of benzene rings is 1. The Morgan fingerprint density at radius 2 is 2.00 bits per heavy atom. The van der Waals surface area contributed by atoms with Gasteiger partial charge in [0, 0.05) is 24.7 Å². The van der Waals surface area contributed by atoms with Gasteiger partial charge >= 0.3 is 0 Å². The number of amides is 2. The first-order chi connectivity index (χ1) is 12.1. The van der Waals surface area contributed by atoms with Gasteiger partial charge in [-0.15, -0.1) is 0 Å². The van der Waals surface area contributed by atoms with Crippen LogP contribution in [0.15, 0.2) is 42.6 Å². The highest BCUT2D eigenvalue weighted by Crippen LogP contribution is 2.22. The second kappa shape index (κ2) is 7.21. The Labute approximate surface area is 145 Å². The lowest BCUT2D eigenvalue weighted by Gasteiger charge is -2.17. The minimum Gasteiger partial charge on any atom is -0.497 e. The summed E-state index contributed by atoms with van der Waals surface area (Å²) >= 11 is 0. The number of methoxy groups -OCH3 is 1. The summed E-state index contributed by atoms with van der Waals surface area (Å²) in [7, 11) is 1.58. The molecule has 0 bridgehead atoms. The lowest BCUT2D eigenvalue weighted by molar-refractivity contribution is 0.0769. The molecular weight excluding hydrogens is 322 g/mol. The third-order valence-electron chi connectivity index (χ3n) is 4.08. The molecule has 3 rings (SSSR count). The molecule has 0 saturated carbocycles. The van der Waals surface area contributed by atoms with Gasteiger partial charge in [0.15, 0.2) is 0 Å². The maximum absolute atomic E-state index is 12.6. The van der Waals surface area contributed by atoms with Gasteiger partial charge in [-0.3, -0.25) is 9.59 Å². The molecular formula is C18H19N3O4. The van der Waals surface area contributed by atoms with Crippen LogP contribution in [0, 0.1) is 0 Å². The largest absolute Gasteiger partial charge is 0.497 e. The minimum atomic E-state index is -0.590. The number of hydrogen-bond donors (Lipinski definition) is 1. The zero-order chi connectivity index (χ0) is 17.8. The van der Waals surface area contributed by atoms with Crippen molar-refractivity contribution in [3.8, 4) is 11.6 Å². The number of likely N-dealkylation sites (tertiary alicyclic amines) is 1. The molecule has 1 saturated heterocycles. The van der Waals surface area contributed by atoms with Crippen LogP contribution in [0.1, 0.15) is 27.1 Å². The molecule has 1 aliphatic rings. The highest BCUT2D eigenvalue weighted by molar-refractivity contribution is 5.95. The van der Waals surface area contributed by atoms with Crippen molar-refractivity contribution in [1.82, 2.24) is 9.88 Å². The molecule has 7 heteroatoms. The van der Waals surface area contributed by atoms with Gasteiger partial charge in [-0.25, -0.2) is 4.98 Å². The lowest BCUT2D eigenvalue weighted by atomic mass is 10.2. The highest BCUT2D eigenvalue weighted by atomic mass is 16.5. The van der Waals surface area contributed by atoms with E-state index in [4.69, 9.17) is 15.2 Å². The topological polar surface area (TPSA) is 94.8 Å². The van der Waals surface area contributed by atoms with Crippen LogP contribution in [0.3, 0.4) is 0 Å². The van der Waals surface area contributed by atoms with Gasteiger partial charge in [0.2, 0.25) is 5.88 Å². The summed E-state index contributed by atoms with van der Waals surface area (Å²) in [6.45, 7) is 1.01. The first-order valence-electron chi connectivity index (χ1n) is 7.93. The molecule has 1 fully saturated rings. The summed E-state index contributed by atoms with van der Waals surface area (Å²) in [4.78, 5) is 29.8. The maximum atomic E-state index is 12.6. The number of nitrogens with two attached hydrogens (primary N) is 1. The number of carbonyl (C=O) groups excluding carboxylic acids is 2. The molecule has 1 aromatic carbocycles. The molecule has 1 atom stereocenters. The van der Waals surface area contributed by atoms with Gasteiger partial charge < -0.3 is 20.1 Å². The van der Waals surface area contributed by atoms with E-state index in [1.165, 1.54) is 6.20 Å². The van der Waals surface area contributed by atoms with Crippen molar-refractivity contribution >= 4 is 11.8 Å².